The molecule has 0 bridgehead atoms. The molecule has 4 amide bonds. The molecule has 2 heterocycles. The summed E-state index contributed by atoms with van der Waals surface area (Å²) in [5.74, 6) is 1.32. The Hall–Kier alpha value is -7.72. The van der Waals surface area contributed by atoms with E-state index in [-0.39, 0.29) is 50.1 Å². The molecule has 8 aromatic carbocycles. The van der Waals surface area contributed by atoms with Crippen LogP contribution in [0.1, 0.15) is 81.0 Å². The molecule has 10 heteroatoms. The number of carbonyl (C=O) groups is 4. The van der Waals surface area contributed by atoms with Gasteiger partial charge in [0.25, 0.3) is 23.6 Å². The minimum atomic E-state index is -0.278. The average molecular weight is 877 g/mol. The second-order valence-electron chi connectivity index (χ2n) is 16.6. The minimum Gasteiger partial charge on any atom is -0.489 e. The number of amides is 4. The van der Waals surface area contributed by atoms with Crippen LogP contribution in [0.25, 0.3) is 54.2 Å². The largest absolute Gasteiger partial charge is 0.489 e. The average Bonchev–Trinajstić information content (AvgIpc) is 3.35. The summed E-state index contributed by atoms with van der Waals surface area (Å²) in [4.78, 5) is 56.5. The molecule has 0 N–H and O–H groups in total. The van der Waals surface area contributed by atoms with E-state index in [2.05, 4.69) is 24.3 Å². The highest BCUT2D eigenvalue weighted by Crippen LogP contribution is 2.46. The van der Waals surface area contributed by atoms with E-state index in [4.69, 9.17) is 18.9 Å². The van der Waals surface area contributed by atoms with Gasteiger partial charge in [-0.15, -0.1) is 0 Å². The first-order valence-corrected chi connectivity index (χ1v) is 22.8. The number of fused-ring (bicyclic) bond motifs is 2. The van der Waals surface area contributed by atoms with Crippen molar-refractivity contribution in [1.82, 2.24) is 9.80 Å². The van der Waals surface area contributed by atoms with Crippen LogP contribution >= 0.6 is 0 Å². The summed E-state index contributed by atoms with van der Waals surface area (Å²) >= 11 is 0. The van der Waals surface area contributed by atoms with E-state index in [1.807, 2.05) is 86.6 Å². The third-order valence-electron chi connectivity index (χ3n) is 12.6. The number of unbranched alkanes of at least 4 members (excludes halogenated alkanes) is 2. The predicted molar refractivity (Wildman–Crippen MR) is 257 cm³/mol. The lowest BCUT2D eigenvalue weighted by molar-refractivity contribution is 0.0593. The maximum Gasteiger partial charge on any atom is 0.261 e. The van der Waals surface area contributed by atoms with Crippen LogP contribution in [0.2, 0.25) is 0 Å². The van der Waals surface area contributed by atoms with Crippen molar-refractivity contribution in [2.45, 2.75) is 39.5 Å². The van der Waals surface area contributed by atoms with Crippen LogP contribution < -0.4 is 18.9 Å². The first kappa shape index (κ1) is 42.2. The molecule has 10 nitrogen and oxygen atoms in total. The van der Waals surface area contributed by atoms with Gasteiger partial charge in [0.1, 0.15) is 49.4 Å². The number of ether oxygens (including phenoxy) is 4. The van der Waals surface area contributed by atoms with Crippen molar-refractivity contribution >= 4 is 66.7 Å². The van der Waals surface area contributed by atoms with Gasteiger partial charge >= 0.3 is 0 Å². The molecular formula is C56H48N2O8. The zero-order chi connectivity index (χ0) is 45.3. The molecule has 0 spiro atoms. The van der Waals surface area contributed by atoms with Crippen molar-refractivity contribution in [3.8, 4) is 34.1 Å². The van der Waals surface area contributed by atoms with E-state index >= 15 is 0 Å². The number of carbonyl (C=O) groups excluding carboxylic acids is 4. The molecular weight excluding hydrogens is 829 g/mol. The molecule has 0 unspecified atom stereocenters. The fourth-order valence-corrected chi connectivity index (χ4v) is 9.40. The van der Waals surface area contributed by atoms with Crippen molar-refractivity contribution in [3.63, 3.8) is 0 Å². The molecule has 0 fully saturated rings. The fraction of sp³-hybridized carbons (Fsp3) is 0.214. The van der Waals surface area contributed by atoms with E-state index in [1.165, 1.54) is 9.80 Å². The van der Waals surface area contributed by atoms with Gasteiger partial charge < -0.3 is 18.9 Å². The maximum absolute atomic E-state index is 13.5. The van der Waals surface area contributed by atoms with Crippen LogP contribution in [0.4, 0.5) is 0 Å². The van der Waals surface area contributed by atoms with Crippen LogP contribution in [0.5, 0.6) is 23.0 Å². The van der Waals surface area contributed by atoms with E-state index in [1.54, 1.807) is 36.4 Å². The summed E-state index contributed by atoms with van der Waals surface area (Å²) in [7, 11) is 0. The van der Waals surface area contributed by atoms with E-state index in [9.17, 15) is 19.2 Å². The van der Waals surface area contributed by atoms with E-state index < -0.39 is 0 Å². The van der Waals surface area contributed by atoms with E-state index in [0.29, 0.717) is 79.9 Å². The summed E-state index contributed by atoms with van der Waals surface area (Å²) in [5.41, 5.74) is 3.75. The summed E-state index contributed by atoms with van der Waals surface area (Å²) in [5, 5.41) is 6.69. The number of imide groups is 2. The SMILES string of the molecule is CCCCN1C(=O)c2cccc3c(OCCOc4ccc5ccccc5c4-c4c(OCCOc5ccc6c7c(cccc57)C(=O)N(CCCC)C6=O)ccc5ccccc45)ccc(c23)C1=O. The Balaban J connectivity index is 0.907. The topological polar surface area (TPSA) is 112 Å². The van der Waals surface area contributed by atoms with Gasteiger partial charge in [-0.3, -0.25) is 29.0 Å². The molecule has 0 aliphatic carbocycles. The smallest absolute Gasteiger partial charge is 0.261 e. The fourth-order valence-electron chi connectivity index (χ4n) is 9.40. The standard InChI is InChI=1S/C56H48N2O8/c1-3-5-29-57-53(59)41-19-11-17-39-45(27-23-43(49(39)41)55(57)61)63-31-33-65-47-25-21-35-13-7-9-15-37(35)51(47)52-38-16-10-8-14-36(38)22-26-48(52)66-34-32-64-46-28-24-44-50-40(46)18-12-20-42(50)54(60)58(56(44)62)30-6-4-2/h7-28H,3-6,29-34H2,1-2H3. The summed E-state index contributed by atoms with van der Waals surface area (Å²) in [6.45, 7) is 5.64. The van der Waals surface area contributed by atoms with Gasteiger partial charge in [0.15, 0.2) is 0 Å². The Morgan fingerprint density at radius 1 is 0.364 bits per heavy atom. The van der Waals surface area contributed by atoms with Crippen molar-refractivity contribution < 1.29 is 38.1 Å². The highest BCUT2D eigenvalue weighted by atomic mass is 16.5. The monoisotopic (exact) mass is 876 g/mol. The Morgan fingerprint density at radius 2 is 0.712 bits per heavy atom. The third kappa shape index (κ3) is 7.42. The lowest BCUT2D eigenvalue weighted by Gasteiger charge is -2.27. The maximum atomic E-state index is 13.5. The Morgan fingerprint density at radius 3 is 1.12 bits per heavy atom. The zero-order valence-electron chi connectivity index (χ0n) is 36.9. The van der Waals surface area contributed by atoms with Gasteiger partial charge in [-0.2, -0.15) is 0 Å². The van der Waals surface area contributed by atoms with Crippen molar-refractivity contribution in [1.29, 1.82) is 0 Å². The molecule has 2 aliphatic rings. The molecule has 0 saturated carbocycles. The number of nitrogens with zero attached hydrogens (tertiary/aromatic N) is 2. The Bertz CT molecular complexity index is 2990. The predicted octanol–water partition coefficient (Wildman–Crippen LogP) is 11.7. The molecule has 0 saturated heterocycles. The molecule has 8 aromatic rings. The Kier molecular flexibility index (Phi) is 11.5. The highest BCUT2D eigenvalue weighted by Gasteiger charge is 2.34. The summed E-state index contributed by atoms with van der Waals surface area (Å²) in [6.07, 6.45) is 3.25. The van der Waals surface area contributed by atoms with Crippen LogP contribution in [0, 0.1) is 0 Å². The molecule has 10 rings (SSSR count). The van der Waals surface area contributed by atoms with E-state index in [0.717, 1.165) is 58.4 Å². The van der Waals surface area contributed by atoms with Crippen LogP contribution in [0.3, 0.4) is 0 Å². The molecule has 66 heavy (non-hydrogen) atoms. The van der Waals surface area contributed by atoms with Crippen molar-refractivity contribution in [2.24, 2.45) is 0 Å². The van der Waals surface area contributed by atoms with Gasteiger partial charge in [-0.05, 0) is 82.9 Å². The molecule has 0 aromatic heterocycles. The lowest BCUT2D eigenvalue weighted by Crippen LogP contribution is -2.40. The summed E-state index contributed by atoms with van der Waals surface area (Å²) in [6, 6.07) is 42.5. The second kappa shape index (κ2) is 18.0. The zero-order valence-corrected chi connectivity index (χ0v) is 36.9. The quantitative estimate of drug-likeness (QED) is 0.0657. The third-order valence-corrected chi connectivity index (χ3v) is 12.6. The molecule has 2 aliphatic heterocycles. The highest BCUT2D eigenvalue weighted by molar-refractivity contribution is 6.27. The molecule has 0 radical (unpaired) electrons. The van der Waals surface area contributed by atoms with Crippen LogP contribution in [0.15, 0.2) is 133 Å². The normalized spacial score (nSPS) is 13.4. The first-order valence-electron chi connectivity index (χ1n) is 22.8. The number of hydrogen-bond donors (Lipinski definition) is 0. The first-order chi connectivity index (χ1) is 32.4. The van der Waals surface area contributed by atoms with Crippen LogP contribution in [-0.4, -0.2) is 72.9 Å². The Labute approximate surface area is 382 Å². The van der Waals surface area contributed by atoms with Crippen molar-refractivity contribution in [3.05, 3.63) is 156 Å². The van der Waals surface area contributed by atoms with Gasteiger partial charge in [-0.1, -0.05) is 112 Å². The minimum absolute atomic E-state index is 0.197. The molecule has 330 valence electrons. The second-order valence-corrected chi connectivity index (χ2v) is 16.6. The van der Waals surface area contributed by atoms with Gasteiger partial charge in [0.2, 0.25) is 0 Å². The number of hydrogen-bond acceptors (Lipinski definition) is 8. The van der Waals surface area contributed by atoms with Gasteiger partial charge in [-0.25, -0.2) is 0 Å². The molecule has 0 atom stereocenters. The number of benzene rings is 8. The lowest BCUT2D eigenvalue weighted by atomic mass is 9.92. The summed E-state index contributed by atoms with van der Waals surface area (Å²) < 4.78 is 26.0. The van der Waals surface area contributed by atoms with Gasteiger partial charge in [0.05, 0.1) is 0 Å². The van der Waals surface area contributed by atoms with Crippen molar-refractivity contribution in [2.75, 3.05) is 39.5 Å². The van der Waals surface area contributed by atoms with Gasteiger partial charge in [0, 0.05) is 68.0 Å². The van der Waals surface area contributed by atoms with Crippen LogP contribution in [-0.2, 0) is 0 Å². The number of rotatable bonds is 17.